The monoisotopic (exact) mass is 218 g/mol. The number of rotatable bonds is 5. The molecule has 0 saturated carbocycles. The number of Topliss-reactive ketones (excluding diaryl/α,β-unsaturated/α-hetero) is 1. The van der Waals surface area contributed by atoms with Crippen LogP contribution >= 0.6 is 11.8 Å². The molecular formula is C13H14OS. The molecule has 0 radical (unpaired) electrons. The molecule has 0 bridgehead atoms. The Morgan fingerprint density at radius 1 is 1.47 bits per heavy atom. The maximum absolute atomic E-state index is 11.4. The number of benzene rings is 1. The molecule has 0 aliphatic rings. The van der Waals surface area contributed by atoms with E-state index in [1.165, 1.54) is 10.5 Å². The van der Waals surface area contributed by atoms with Gasteiger partial charge in [0, 0.05) is 17.7 Å². The molecule has 0 spiro atoms. The van der Waals surface area contributed by atoms with Crippen LogP contribution in [0.3, 0.4) is 0 Å². The van der Waals surface area contributed by atoms with Crippen LogP contribution in [0.2, 0.25) is 0 Å². The van der Waals surface area contributed by atoms with Crippen LogP contribution in [0.4, 0.5) is 0 Å². The fraction of sp³-hybridized carbons (Fsp3) is 0.308. The standard InChI is InChI=1S/C13H14OS/c1-3-4-8-12(14)10-15-13-9-6-5-7-11(13)2/h1,5-7,9H,4,8,10H2,2H3. The molecule has 78 valence electrons. The summed E-state index contributed by atoms with van der Waals surface area (Å²) in [7, 11) is 0. The van der Waals surface area contributed by atoms with Gasteiger partial charge in [0.2, 0.25) is 0 Å². The number of hydrogen-bond donors (Lipinski definition) is 0. The molecule has 2 heteroatoms. The van der Waals surface area contributed by atoms with Crippen LogP contribution < -0.4 is 0 Å². The smallest absolute Gasteiger partial charge is 0.144 e. The Kier molecular flexibility index (Phi) is 5.00. The lowest BCUT2D eigenvalue weighted by atomic mass is 10.2. The SMILES string of the molecule is C#CCCC(=O)CSc1ccccc1C. The van der Waals surface area contributed by atoms with E-state index in [-0.39, 0.29) is 5.78 Å². The van der Waals surface area contributed by atoms with Crippen molar-refractivity contribution in [2.24, 2.45) is 0 Å². The number of terminal acetylenes is 1. The zero-order chi connectivity index (χ0) is 11.1. The molecule has 0 aromatic heterocycles. The van der Waals surface area contributed by atoms with Crippen LogP contribution in [0.15, 0.2) is 29.2 Å². The molecule has 0 unspecified atom stereocenters. The summed E-state index contributed by atoms with van der Waals surface area (Å²) in [6.07, 6.45) is 6.14. The van der Waals surface area contributed by atoms with Gasteiger partial charge in [0.25, 0.3) is 0 Å². The molecule has 1 aromatic rings. The molecule has 0 heterocycles. The highest BCUT2D eigenvalue weighted by Crippen LogP contribution is 2.21. The minimum atomic E-state index is 0.223. The quantitative estimate of drug-likeness (QED) is 0.558. The first-order chi connectivity index (χ1) is 7.24. The molecule has 1 aromatic carbocycles. The minimum Gasteiger partial charge on any atom is -0.299 e. The Labute approximate surface area is 95.3 Å². The first-order valence-corrected chi connectivity index (χ1v) is 5.86. The molecule has 0 saturated heterocycles. The maximum Gasteiger partial charge on any atom is 0.144 e. The van der Waals surface area contributed by atoms with E-state index in [1.54, 1.807) is 11.8 Å². The minimum absolute atomic E-state index is 0.223. The van der Waals surface area contributed by atoms with Crippen molar-refractivity contribution in [1.29, 1.82) is 0 Å². The molecule has 0 aliphatic carbocycles. The molecule has 0 fully saturated rings. The number of ketones is 1. The van der Waals surface area contributed by atoms with E-state index in [9.17, 15) is 4.79 Å². The number of thioether (sulfide) groups is 1. The summed E-state index contributed by atoms with van der Waals surface area (Å²) in [5, 5.41) is 0. The summed E-state index contributed by atoms with van der Waals surface area (Å²) in [6, 6.07) is 8.07. The average Bonchev–Trinajstić information content (AvgIpc) is 2.25. The summed E-state index contributed by atoms with van der Waals surface area (Å²) in [4.78, 5) is 12.5. The van der Waals surface area contributed by atoms with Crippen LogP contribution in [0.1, 0.15) is 18.4 Å². The second-order valence-electron chi connectivity index (χ2n) is 3.30. The van der Waals surface area contributed by atoms with E-state index in [4.69, 9.17) is 6.42 Å². The van der Waals surface area contributed by atoms with Crippen molar-refractivity contribution in [1.82, 2.24) is 0 Å². The van der Waals surface area contributed by atoms with E-state index in [2.05, 4.69) is 5.92 Å². The number of hydrogen-bond acceptors (Lipinski definition) is 2. The van der Waals surface area contributed by atoms with Gasteiger partial charge in [-0.05, 0) is 18.6 Å². The third kappa shape index (κ3) is 4.22. The van der Waals surface area contributed by atoms with Gasteiger partial charge in [0.05, 0.1) is 5.75 Å². The van der Waals surface area contributed by atoms with Crippen molar-refractivity contribution >= 4 is 17.5 Å². The lowest BCUT2D eigenvalue weighted by molar-refractivity contribution is -0.116. The van der Waals surface area contributed by atoms with Gasteiger partial charge < -0.3 is 0 Å². The highest BCUT2D eigenvalue weighted by atomic mass is 32.2. The second kappa shape index (κ2) is 6.31. The Balaban J connectivity index is 2.41. The van der Waals surface area contributed by atoms with Gasteiger partial charge >= 0.3 is 0 Å². The fourth-order valence-corrected chi connectivity index (χ4v) is 2.09. The molecule has 0 amide bonds. The summed E-state index contributed by atoms with van der Waals surface area (Å²) in [5.41, 5.74) is 1.22. The van der Waals surface area contributed by atoms with Crippen molar-refractivity contribution in [3.05, 3.63) is 29.8 Å². The second-order valence-corrected chi connectivity index (χ2v) is 4.31. The van der Waals surface area contributed by atoms with Crippen LogP contribution in [-0.2, 0) is 4.79 Å². The van der Waals surface area contributed by atoms with Gasteiger partial charge in [-0.2, -0.15) is 0 Å². The Bertz CT molecular complexity index is 376. The lowest BCUT2D eigenvalue weighted by Crippen LogP contribution is -2.00. The summed E-state index contributed by atoms with van der Waals surface area (Å²) in [6.45, 7) is 2.05. The average molecular weight is 218 g/mol. The van der Waals surface area contributed by atoms with Gasteiger partial charge in [-0.3, -0.25) is 4.79 Å². The first kappa shape index (κ1) is 11.9. The molecule has 0 aliphatic heterocycles. The van der Waals surface area contributed by atoms with Crippen molar-refractivity contribution < 1.29 is 4.79 Å². The van der Waals surface area contributed by atoms with E-state index in [0.29, 0.717) is 18.6 Å². The van der Waals surface area contributed by atoms with Gasteiger partial charge in [-0.25, -0.2) is 0 Å². The molecular weight excluding hydrogens is 204 g/mol. The van der Waals surface area contributed by atoms with Crippen LogP contribution in [0, 0.1) is 19.3 Å². The maximum atomic E-state index is 11.4. The van der Waals surface area contributed by atoms with Crippen molar-refractivity contribution in [2.75, 3.05) is 5.75 Å². The molecule has 0 atom stereocenters. The van der Waals surface area contributed by atoms with Crippen molar-refractivity contribution in [3.8, 4) is 12.3 Å². The molecule has 1 rings (SSSR count). The Morgan fingerprint density at radius 2 is 2.20 bits per heavy atom. The van der Waals surface area contributed by atoms with Crippen LogP contribution in [-0.4, -0.2) is 11.5 Å². The number of aryl methyl sites for hydroxylation is 1. The normalized spacial score (nSPS) is 9.60. The van der Waals surface area contributed by atoms with E-state index >= 15 is 0 Å². The van der Waals surface area contributed by atoms with Gasteiger partial charge in [-0.15, -0.1) is 24.1 Å². The van der Waals surface area contributed by atoms with Crippen molar-refractivity contribution in [2.45, 2.75) is 24.7 Å². The zero-order valence-corrected chi connectivity index (χ0v) is 9.64. The zero-order valence-electron chi connectivity index (χ0n) is 8.82. The third-order valence-corrected chi connectivity index (χ3v) is 3.27. The molecule has 0 N–H and O–H groups in total. The summed E-state index contributed by atoms with van der Waals surface area (Å²) >= 11 is 1.59. The molecule has 1 nitrogen and oxygen atoms in total. The number of carbonyl (C=O) groups is 1. The lowest BCUT2D eigenvalue weighted by Gasteiger charge is -2.03. The highest BCUT2D eigenvalue weighted by Gasteiger charge is 2.03. The third-order valence-electron chi connectivity index (χ3n) is 2.03. The summed E-state index contributed by atoms with van der Waals surface area (Å²) < 4.78 is 0. The van der Waals surface area contributed by atoms with Crippen LogP contribution in [0.5, 0.6) is 0 Å². The van der Waals surface area contributed by atoms with Gasteiger partial charge in [0.1, 0.15) is 5.78 Å². The largest absolute Gasteiger partial charge is 0.299 e. The fourth-order valence-electron chi connectivity index (χ4n) is 1.16. The van der Waals surface area contributed by atoms with E-state index in [0.717, 1.165) is 0 Å². The van der Waals surface area contributed by atoms with Crippen molar-refractivity contribution in [3.63, 3.8) is 0 Å². The Hall–Kier alpha value is -1.20. The van der Waals surface area contributed by atoms with E-state index in [1.807, 2.05) is 31.2 Å². The topological polar surface area (TPSA) is 17.1 Å². The highest BCUT2D eigenvalue weighted by molar-refractivity contribution is 8.00. The Morgan fingerprint density at radius 3 is 2.87 bits per heavy atom. The molecule has 15 heavy (non-hydrogen) atoms. The van der Waals surface area contributed by atoms with Gasteiger partial charge in [-0.1, -0.05) is 18.2 Å². The van der Waals surface area contributed by atoms with Crippen LogP contribution in [0.25, 0.3) is 0 Å². The summed E-state index contributed by atoms with van der Waals surface area (Å²) in [5.74, 6) is 3.22. The predicted octanol–water partition coefficient (Wildman–Crippen LogP) is 3.07. The van der Waals surface area contributed by atoms with E-state index < -0.39 is 0 Å². The number of carbonyl (C=O) groups excluding carboxylic acids is 1. The van der Waals surface area contributed by atoms with Gasteiger partial charge in [0.15, 0.2) is 0 Å². The first-order valence-electron chi connectivity index (χ1n) is 4.87. The predicted molar refractivity (Wildman–Crippen MR) is 65.0 cm³/mol.